The van der Waals surface area contributed by atoms with Crippen LogP contribution in [0.3, 0.4) is 0 Å². The zero-order valence-corrected chi connectivity index (χ0v) is 17.4. The van der Waals surface area contributed by atoms with Crippen molar-refractivity contribution >= 4 is 17.7 Å². The van der Waals surface area contributed by atoms with E-state index >= 15 is 0 Å². The second-order valence-electron chi connectivity index (χ2n) is 6.22. The average Bonchev–Trinajstić information content (AvgIpc) is 3.39. The summed E-state index contributed by atoms with van der Waals surface area (Å²) in [6.45, 7) is 3.21. The topological polar surface area (TPSA) is 91.4 Å². The third-order valence-electron chi connectivity index (χ3n) is 4.22. The zero-order chi connectivity index (χ0) is 20.6. The molecule has 29 heavy (non-hydrogen) atoms. The second kappa shape index (κ2) is 10.1. The number of carbonyl (C=O) groups excluding carboxylic acids is 1. The number of rotatable bonds is 10. The minimum absolute atomic E-state index is 0.0848. The first-order valence-corrected chi connectivity index (χ1v) is 10.0. The third-order valence-corrected chi connectivity index (χ3v) is 5.30. The van der Waals surface area contributed by atoms with Gasteiger partial charge in [-0.15, -0.1) is 10.2 Å². The number of para-hydroxylation sites is 1. The van der Waals surface area contributed by atoms with Crippen LogP contribution in [0.5, 0.6) is 5.75 Å². The monoisotopic (exact) mass is 416 g/mol. The van der Waals surface area contributed by atoms with Crippen LogP contribution in [0.4, 0.5) is 0 Å². The van der Waals surface area contributed by atoms with Crippen LogP contribution in [0.2, 0.25) is 0 Å². The summed E-state index contributed by atoms with van der Waals surface area (Å²) in [6, 6.07) is 11.3. The Morgan fingerprint density at radius 3 is 2.79 bits per heavy atom. The standard InChI is InChI=1S/C20H24N4O4S/c1-14(19(25)21-10-12-26-2)29-20-23-22-18(16-8-4-5-9-17(16)27-3)24(20)13-15-7-6-11-28-15/h4-9,11,14H,10,12-13H2,1-3H3,(H,21,25)/t14-/m0/s1. The first-order chi connectivity index (χ1) is 14.1. The molecule has 3 aromatic rings. The molecule has 9 heteroatoms. The number of methoxy groups -OCH3 is 2. The predicted octanol–water partition coefficient (Wildman–Crippen LogP) is 2.84. The number of aromatic nitrogens is 3. The number of hydrogen-bond donors (Lipinski definition) is 1. The Kier molecular flexibility index (Phi) is 7.31. The number of ether oxygens (including phenoxy) is 2. The molecule has 1 atom stereocenters. The largest absolute Gasteiger partial charge is 0.496 e. The van der Waals surface area contributed by atoms with Crippen LogP contribution in [0.1, 0.15) is 12.7 Å². The Bertz CT molecular complexity index is 926. The van der Waals surface area contributed by atoms with Crippen molar-refractivity contribution in [1.82, 2.24) is 20.1 Å². The van der Waals surface area contributed by atoms with Crippen molar-refractivity contribution in [2.75, 3.05) is 27.4 Å². The third kappa shape index (κ3) is 5.18. The van der Waals surface area contributed by atoms with Gasteiger partial charge in [-0.05, 0) is 31.2 Å². The van der Waals surface area contributed by atoms with Crippen molar-refractivity contribution in [2.45, 2.75) is 23.9 Å². The van der Waals surface area contributed by atoms with E-state index in [-0.39, 0.29) is 11.2 Å². The number of furan rings is 1. The fourth-order valence-electron chi connectivity index (χ4n) is 2.74. The number of amides is 1. The number of nitrogens with zero attached hydrogens (tertiary/aromatic N) is 3. The first-order valence-electron chi connectivity index (χ1n) is 9.16. The van der Waals surface area contributed by atoms with Crippen LogP contribution in [-0.2, 0) is 16.1 Å². The molecule has 2 aromatic heterocycles. The van der Waals surface area contributed by atoms with Gasteiger partial charge in [0.25, 0.3) is 0 Å². The lowest BCUT2D eigenvalue weighted by molar-refractivity contribution is -0.120. The number of benzene rings is 1. The van der Waals surface area contributed by atoms with Gasteiger partial charge in [0.15, 0.2) is 11.0 Å². The van der Waals surface area contributed by atoms with Crippen LogP contribution in [-0.4, -0.2) is 53.3 Å². The smallest absolute Gasteiger partial charge is 0.233 e. The molecule has 0 saturated carbocycles. The van der Waals surface area contributed by atoms with E-state index in [9.17, 15) is 4.79 Å². The fraction of sp³-hybridized carbons (Fsp3) is 0.350. The van der Waals surface area contributed by atoms with E-state index in [4.69, 9.17) is 13.9 Å². The van der Waals surface area contributed by atoms with E-state index in [0.29, 0.717) is 36.4 Å². The Balaban J connectivity index is 1.89. The highest BCUT2D eigenvalue weighted by Crippen LogP contribution is 2.32. The van der Waals surface area contributed by atoms with Gasteiger partial charge < -0.3 is 19.2 Å². The van der Waals surface area contributed by atoms with Crippen molar-refractivity contribution in [2.24, 2.45) is 0 Å². The van der Waals surface area contributed by atoms with Gasteiger partial charge in [0.05, 0.1) is 37.3 Å². The van der Waals surface area contributed by atoms with Crippen molar-refractivity contribution in [3.05, 3.63) is 48.4 Å². The highest BCUT2D eigenvalue weighted by atomic mass is 32.2. The zero-order valence-electron chi connectivity index (χ0n) is 16.6. The minimum atomic E-state index is -0.350. The van der Waals surface area contributed by atoms with Gasteiger partial charge >= 0.3 is 0 Å². The molecule has 0 spiro atoms. The molecule has 0 aliphatic rings. The molecule has 3 rings (SSSR count). The van der Waals surface area contributed by atoms with Crippen LogP contribution >= 0.6 is 11.8 Å². The fourth-order valence-corrected chi connectivity index (χ4v) is 3.61. The minimum Gasteiger partial charge on any atom is -0.496 e. The summed E-state index contributed by atoms with van der Waals surface area (Å²) in [4.78, 5) is 12.3. The molecular weight excluding hydrogens is 392 g/mol. The van der Waals surface area contributed by atoms with Gasteiger partial charge in [-0.1, -0.05) is 23.9 Å². The summed E-state index contributed by atoms with van der Waals surface area (Å²) in [7, 11) is 3.22. The molecule has 8 nitrogen and oxygen atoms in total. The number of thioether (sulfide) groups is 1. The maximum atomic E-state index is 12.3. The van der Waals surface area contributed by atoms with Gasteiger partial charge in [-0.2, -0.15) is 0 Å². The Morgan fingerprint density at radius 2 is 2.07 bits per heavy atom. The summed E-state index contributed by atoms with van der Waals surface area (Å²) < 4.78 is 17.9. The predicted molar refractivity (Wildman–Crippen MR) is 110 cm³/mol. The average molecular weight is 417 g/mol. The van der Waals surface area contributed by atoms with E-state index in [0.717, 1.165) is 11.3 Å². The van der Waals surface area contributed by atoms with Crippen molar-refractivity contribution in [1.29, 1.82) is 0 Å². The molecule has 1 aromatic carbocycles. The quantitative estimate of drug-likeness (QED) is 0.401. The molecule has 1 N–H and O–H groups in total. The van der Waals surface area contributed by atoms with Gasteiger partial charge in [-0.3, -0.25) is 9.36 Å². The summed E-state index contributed by atoms with van der Waals surface area (Å²) in [6.07, 6.45) is 1.63. The van der Waals surface area contributed by atoms with Crippen molar-refractivity contribution in [3.8, 4) is 17.1 Å². The summed E-state index contributed by atoms with van der Waals surface area (Å²) in [5.41, 5.74) is 0.818. The lowest BCUT2D eigenvalue weighted by Gasteiger charge is -2.14. The van der Waals surface area contributed by atoms with E-state index in [1.54, 1.807) is 20.5 Å². The van der Waals surface area contributed by atoms with Gasteiger partial charge in [0.1, 0.15) is 11.5 Å². The first kappa shape index (κ1) is 20.9. The number of hydrogen-bond acceptors (Lipinski definition) is 7. The maximum Gasteiger partial charge on any atom is 0.233 e. The molecule has 0 aliphatic carbocycles. The van der Waals surface area contributed by atoms with Crippen LogP contribution < -0.4 is 10.1 Å². The summed E-state index contributed by atoms with van der Waals surface area (Å²) >= 11 is 1.34. The maximum absolute atomic E-state index is 12.3. The molecule has 154 valence electrons. The Hall–Kier alpha value is -2.78. The van der Waals surface area contributed by atoms with Gasteiger partial charge in [0.2, 0.25) is 5.91 Å². The van der Waals surface area contributed by atoms with Gasteiger partial charge in [-0.25, -0.2) is 0 Å². The van der Waals surface area contributed by atoms with E-state index in [1.807, 2.05) is 47.9 Å². The Labute approximate surface area is 173 Å². The van der Waals surface area contributed by atoms with Gasteiger partial charge in [0, 0.05) is 13.7 Å². The lowest BCUT2D eigenvalue weighted by atomic mass is 10.2. The number of nitrogens with one attached hydrogen (secondary N) is 1. The molecule has 1 amide bonds. The summed E-state index contributed by atoms with van der Waals surface area (Å²) in [5.74, 6) is 2.02. The lowest BCUT2D eigenvalue weighted by Crippen LogP contribution is -2.33. The van der Waals surface area contributed by atoms with Crippen LogP contribution in [0, 0.1) is 0 Å². The molecule has 0 aliphatic heterocycles. The van der Waals surface area contributed by atoms with E-state index in [2.05, 4.69) is 15.5 Å². The normalized spacial score (nSPS) is 12.0. The van der Waals surface area contributed by atoms with Crippen molar-refractivity contribution in [3.63, 3.8) is 0 Å². The summed E-state index contributed by atoms with van der Waals surface area (Å²) in [5, 5.41) is 11.8. The van der Waals surface area contributed by atoms with Crippen LogP contribution in [0.15, 0.2) is 52.2 Å². The number of carbonyl (C=O) groups is 1. The highest BCUT2D eigenvalue weighted by Gasteiger charge is 2.22. The highest BCUT2D eigenvalue weighted by molar-refractivity contribution is 8.00. The Morgan fingerprint density at radius 1 is 1.24 bits per heavy atom. The second-order valence-corrected chi connectivity index (χ2v) is 7.52. The molecule has 0 saturated heterocycles. The molecule has 2 heterocycles. The van der Waals surface area contributed by atoms with E-state index < -0.39 is 0 Å². The molecule has 0 unspecified atom stereocenters. The molecule has 0 bridgehead atoms. The SMILES string of the molecule is COCCNC(=O)[C@H](C)Sc1nnc(-c2ccccc2OC)n1Cc1ccco1. The molecule has 0 fully saturated rings. The van der Waals surface area contributed by atoms with Crippen LogP contribution in [0.25, 0.3) is 11.4 Å². The molecule has 0 radical (unpaired) electrons. The molecular formula is C20H24N4O4S. The van der Waals surface area contributed by atoms with Crippen molar-refractivity contribution < 1.29 is 18.7 Å². The van der Waals surface area contributed by atoms with E-state index in [1.165, 1.54) is 11.8 Å².